The Morgan fingerprint density at radius 3 is 2.38 bits per heavy atom. The lowest BCUT2D eigenvalue weighted by molar-refractivity contribution is -0.117. The van der Waals surface area contributed by atoms with Crippen LogP contribution in [0, 0.1) is 0 Å². The second-order valence-electron chi connectivity index (χ2n) is 7.64. The van der Waals surface area contributed by atoms with E-state index in [9.17, 15) is 13.2 Å². The number of ether oxygens (including phenoxy) is 1. The van der Waals surface area contributed by atoms with E-state index in [1.165, 1.54) is 29.1 Å². The highest BCUT2D eigenvalue weighted by Crippen LogP contribution is 2.34. The number of rotatable bonds is 7. The smallest absolute Gasteiger partial charge is 0.243 e. The fourth-order valence-corrected chi connectivity index (χ4v) is 4.65. The molecule has 6 nitrogen and oxygen atoms in total. The Kier molecular flexibility index (Phi) is 6.29. The molecule has 156 valence electrons. The highest BCUT2D eigenvalue weighted by Gasteiger charge is 2.28. The van der Waals surface area contributed by atoms with Gasteiger partial charge in [0.15, 0.2) is 0 Å². The first-order valence-electron chi connectivity index (χ1n) is 9.77. The molecule has 1 heterocycles. The van der Waals surface area contributed by atoms with Gasteiger partial charge < -0.3 is 9.64 Å². The van der Waals surface area contributed by atoms with Gasteiger partial charge in [-0.25, -0.2) is 8.42 Å². The van der Waals surface area contributed by atoms with Crippen molar-refractivity contribution >= 4 is 21.6 Å². The van der Waals surface area contributed by atoms with E-state index in [0.717, 1.165) is 12.0 Å². The number of hydrogen-bond donors (Lipinski definition) is 0. The van der Waals surface area contributed by atoms with Crippen molar-refractivity contribution in [3.8, 4) is 5.75 Å². The van der Waals surface area contributed by atoms with Gasteiger partial charge >= 0.3 is 0 Å². The first-order valence-corrected chi connectivity index (χ1v) is 11.2. The van der Waals surface area contributed by atoms with Gasteiger partial charge in [0.1, 0.15) is 5.75 Å². The Labute approximate surface area is 173 Å². The molecule has 1 fully saturated rings. The highest BCUT2D eigenvalue weighted by molar-refractivity contribution is 7.89. The first-order chi connectivity index (χ1) is 13.7. The lowest BCUT2D eigenvalue weighted by Gasteiger charge is -2.22. The maximum Gasteiger partial charge on any atom is 0.243 e. The topological polar surface area (TPSA) is 66.9 Å². The molecular weight excluding hydrogens is 388 g/mol. The molecule has 29 heavy (non-hydrogen) atoms. The quantitative estimate of drug-likeness (QED) is 0.689. The van der Waals surface area contributed by atoms with Crippen molar-refractivity contribution < 1.29 is 17.9 Å². The molecule has 2 aromatic carbocycles. The minimum Gasteiger partial charge on any atom is -0.495 e. The summed E-state index contributed by atoms with van der Waals surface area (Å²) in [5.41, 5.74) is 2.64. The minimum absolute atomic E-state index is 0.0172. The summed E-state index contributed by atoms with van der Waals surface area (Å²) in [6.45, 7) is 5.08. The summed E-state index contributed by atoms with van der Waals surface area (Å²) in [6.07, 6.45) is 1.22. The predicted octanol–water partition coefficient (Wildman–Crippen LogP) is 3.77. The average Bonchev–Trinajstić information content (AvgIpc) is 3.13. The largest absolute Gasteiger partial charge is 0.495 e. The maximum absolute atomic E-state index is 13.1. The van der Waals surface area contributed by atoms with Crippen LogP contribution in [0.15, 0.2) is 47.4 Å². The third-order valence-electron chi connectivity index (χ3n) is 5.27. The van der Waals surface area contributed by atoms with Gasteiger partial charge in [-0.05, 0) is 41.7 Å². The summed E-state index contributed by atoms with van der Waals surface area (Å²) in [5, 5.41) is 0. The third kappa shape index (κ3) is 4.46. The van der Waals surface area contributed by atoms with Gasteiger partial charge in [-0.1, -0.05) is 38.1 Å². The molecule has 0 unspecified atom stereocenters. The molecule has 1 aliphatic heterocycles. The Hall–Kier alpha value is -2.38. The molecule has 7 heteroatoms. The zero-order valence-corrected chi connectivity index (χ0v) is 18.2. The van der Waals surface area contributed by atoms with E-state index in [2.05, 4.69) is 13.8 Å². The minimum atomic E-state index is -3.72. The van der Waals surface area contributed by atoms with Gasteiger partial charge in [0, 0.05) is 26.6 Å². The number of methoxy groups -OCH3 is 1. The van der Waals surface area contributed by atoms with E-state index in [0.29, 0.717) is 30.3 Å². The van der Waals surface area contributed by atoms with E-state index in [1.54, 1.807) is 18.0 Å². The highest BCUT2D eigenvalue weighted by atomic mass is 32.2. The molecule has 2 aromatic rings. The van der Waals surface area contributed by atoms with E-state index in [4.69, 9.17) is 4.74 Å². The van der Waals surface area contributed by atoms with Crippen molar-refractivity contribution in [1.29, 1.82) is 0 Å². The molecule has 1 saturated heterocycles. The second-order valence-corrected chi connectivity index (χ2v) is 9.68. The van der Waals surface area contributed by atoms with Crippen molar-refractivity contribution in [1.82, 2.24) is 4.31 Å². The van der Waals surface area contributed by atoms with Crippen molar-refractivity contribution in [2.75, 3.05) is 25.6 Å². The Bertz CT molecular complexity index is 984. The average molecular weight is 417 g/mol. The summed E-state index contributed by atoms with van der Waals surface area (Å²) in [4.78, 5) is 13.9. The van der Waals surface area contributed by atoms with Crippen LogP contribution in [0.2, 0.25) is 0 Å². The molecule has 0 atom stereocenters. The fourth-order valence-electron chi connectivity index (χ4n) is 3.47. The van der Waals surface area contributed by atoms with Crippen LogP contribution >= 0.6 is 0 Å². The van der Waals surface area contributed by atoms with E-state index in [1.807, 2.05) is 24.3 Å². The van der Waals surface area contributed by atoms with Gasteiger partial charge in [-0.3, -0.25) is 4.79 Å². The third-order valence-corrected chi connectivity index (χ3v) is 7.07. The van der Waals surface area contributed by atoms with Crippen LogP contribution < -0.4 is 9.64 Å². The number of carbonyl (C=O) groups is 1. The van der Waals surface area contributed by atoms with Gasteiger partial charge in [-0.2, -0.15) is 4.31 Å². The van der Waals surface area contributed by atoms with E-state index >= 15 is 0 Å². The van der Waals surface area contributed by atoms with Crippen LogP contribution in [-0.4, -0.2) is 39.3 Å². The molecule has 0 aliphatic carbocycles. The van der Waals surface area contributed by atoms with E-state index < -0.39 is 10.0 Å². The number of sulfonamides is 1. The molecular formula is C22H28N2O4S. The molecule has 0 saturated carbocycles. The molecule has 0 spiro atoms. The van der Waals surface area contributed by atoms with Gasteiger partial charge in [0.2, 0.25) is 15.9 Å². The lowest BCUT2D eigenvalue weighted by Crippen LogP contribution is -2.28. The monoisotopic (exact) mass is 416 g/mol. The summed E-state index contributed by atoms with van der Waals surface area (Å²) < 4.78 is 33.0. The molecule has 1 aliphatic rings. The lowest BCUT2D eigenvalue weighted by atomic mass is 10.0. The molecule has 0 bridgehead atoms. The predicted molar refractivity (Wildman–Crippen MR) is 114 cm³/mol. The van der Waals surface area contributed by atoms with Crippen molar-refractivity contribution in [2.45, 2.75) is 44.0 Å². The van der Waals surface area contributed by atoms with Crippen LogP contribution in [-0.2, 0) is 21.4 Å². The molecule has 0 radical (unpaired) electrons. The van der Waals surface area contributed by atoms with Gasteiger partial charge in [-0.15, -0.1) is 0 Å². The zero-order valence-electron chi connectivity index (χ0n) is 17.4. The summed E-state index contributed by atoms with van der Waals surface area (Å²) in [6, 6.07) is 12.7. The Morgan fingerprint density at radius 2 is 1.83 bits per heavy atom. The zero-order chi connectivity index (χ0) is 21.2. The first kappa shape index (κ1) is 21.3. The number of hydrogen-bond acceptors (Lipinski definition) is 4. The maximum atomic E-state index is 13.1. The number of nitrogens with zero attached hydrogens (tertiary/aromatic N) is 2. The Balaban J connectivity index is 1.87. The number of amides is 1. The SMILES string of the molecule is COc1ccc(S(=O)(=O)N(C)Cc2ccc(C(C)C)cc2)cc1N1CCCC1=O. The van der Waals surface area contributed by atoms with Crippen LogP contribution in [0.25, 0.3) is 0 Å². The van der Waals surface area contributed by atoms with Gasteiger partial charge in [0.25, 0.3) is 0 Å². The summed E-state index contributed by atoms with van der Waals surface area (Å²) >= 11 is 0. The molecule has 0 N–H and O–H groups in total. The number of benzene rings is 2. The van der Waals surface area contributed by atoms with Crippen molar-refractivity contribution in [3.63, 3.8) is 0 Å². The molecule has 0 aromatic heterocycles. The number of carbonyl (C=O) groups excluding carboxylic acids is 1. The van der Waals surface area contributed by atoms with Crippen LogP contribution in [0.4, 0.5) is 5.69 Å². The van der Waals surface area contributed by atoms with E-state index in [-0.39, 0.29) is 17.3 Å². The van der Waals surface area contributed by atoms with Crippen LogP contribution in [0.1, 0.15) is 43.7 Å². The molecule has 3 rings (SSSR count). The van der Waals surface area contributed by atoms with Crippen molar-refractivity contribution in [3.05, 3.63) is 53.6 Å². The normalized spacial score (nSPS) is 14.8. The number of anilines is 1. The summed E-state index contributed by atoms with van der Waals surface area (Å²) in [7, 11) is -0.638. The standard InChI is InChI=1S/C22H28N2O4S/c1-16(2)18-9-7-17(8-10-18)15-23(3)29(26,27)19-11-12-21(28-4)20(14-19)24-13-5-6-22(24)25/h7-12,14,16H,5-6,13,15H2,1-4H3. The van der Waals surface area contributed by atoms with Gasteiger partial charge in [0.05, 0.1) is 17.7 Å². The summed E-state index contributed by atoms with van der Waals surface area (Å²) in [5.74, 6) is 0.902. The van der Waals surface area contributed by atoms with Crippen LogP contribution in [0.3, 0.4) is 0 Å². The second kappa shape index (κ2) is 8.55. The fraction of sp³-hybridized carbons (Fsp3) is 0.409. The van der Waals surface area contributed by atoms with Crippen molar-refractivity contribution in [2.24, 2.45) is 0 Å². The molecule has 1 amide bonds. The Morgan fingerprint density at radius 1 is 1.14 bits per heavy atom. The van der Waals surface area contributed by atoms with Crippen LogP contribution in [0.5, 0.6) is 5.75 Å².